The van der Waals surface area contributed by atoms with Crippen LogP contribution in [-0.4, -0.2) is 119 Å². The lowest BCUT2D eigenvalue weighted by atomic mass is 10.0. The van der Waals surface area contributed by atoms with Gasteiger partial charge in [0.2, 0.25) is 21.8 Å². The number of rotatable bonds is 14. The van der Waals surface area contributed by atoms with Gasteiger partial charge in [-0.15, -0.1) is 0 Å². The van der Waals surface area contributed by atoms with Crippen LogP contribution in [0.5, 0.6) is 11.5 Å². The van der Waals surface area contributed by atoms with Gasteiger partial charge in [0.15, 0.2) is 6.61 Å². The number of piperazine rings is 1. The van der Waals surface area contributed by atoms with Gasteiger partial charge >= 0.3 is 0 Å². The number of amides is 5. The molecule has 59 heavy (non-hydrogen) atoms. The van der Waals surface area contributed by atoms with Crippen LogP contribution in [-0.2, 0) is 38.0 Å². The molecule has 1 aromatic carbocycles. The van der Waals surface area contributed by atoms with E-state index in [9.17, 15) is 37.2 Å². The zero-order valence-electron chi connectivity index (χ0n) is 32.5. The van der Waals surface area contributed by atoms with E-state index in [0.29, 0.717) is 53.7 Å². The SMILES string of the molecule is CC1CN(S(=O)(=O)CCNC(=O)COc2cccc3c2C(=O)N(C2CCC(=O)NC2=O)C3=O)CCN1Cc1cc2c(=O)n(C)cc(-c3ccncc3OCC3CC3)c2o1. The average molecular weight is 830 g/mol. The standard InChI is InChI=1S/C40H43N7O11S/c1-23-18-46(14-13-45(23)19-25-16-28-36(58-25)29(20-44(2)38(28)51)26-10-11-41-17-32(26)56-21-24-6-7-24)59(54,55)15-12-42-34(49)22-57-31-5-3-4-27-35(31)40(53)47(39(27)52)30-8-9-33(48)43-37(30)50/h3-5,10-11,16-17,20,23-24,30H,6-9,12-15,18-19,21-22H2,1-2H3,(H,42,49)(H,43,48,50). The van der Waals surface area contributed by atoms with Crippen LogP contribution in [0.3, 0.4) is 0 Å². The third kappa shape index (κ3) is 8.09. The molecule has 1 saturated carbocycles. The zero-order chi connectivity index (χ0) is 41.6. The number of ether oxygens (including phenoxy) is 2. The highest BCUT2D eigenvalue weighted by Gasteiger charge is 2.46. The maximum Gasteiger partial charge on any atom is 0.266 e. The maximum absolute atomic E-state index is 13.4. The highest BCUT2D eigenvalue weighted by molar-refractivity contribution is 7.89. The Hall–Kier alpha value is -5.92. The number of furan rings is 1. The quantitative estimate of drug-likeness (QED) is 0.172. The molecule has 8 rings (SSSR count). The van der Waals surface area contributed by atoms with Gasteiger partial charge in [0.05, 0.1) is 41.6 Å². The molecule has 0 bridgehead atoms. The first-order valence-corrected chi connectivity index (χ1v) is 21.0. The molecule has 0 radical (unpaired) electrons. The van der Waals surface area contributed by atoms with Crippen molar-refractivity contribution in [2.24, 2.45) is 13.0 Å². The first-order valence-electron chi connectivity index (χ1n) is 19.4. The normalized spacial score (nSPS) is 20.2. The second kappa shape index (κ2) is 16.0. The number of pyridine rings is 2. The molecule has 2 unspecified atom stereocenters. The number of carbonyl (C=O) groups is 5. The number of benzene rings is 1. The monoisotopic (exact) mass is 829 g/mol. The second-order valence-corrected chi connectivity index (χ2v) is 17.4. The summed E-state index contributed by atoms with van der Waals surface area (Å²) in [6.07, 6.45) is 7.32. The first-order chi connectivity index (χ1) is 28.3. The summed E-state index contributed by atoms with van der Waals surface area (Å²) >= 11 is 0. The summed E-state index contributed by atoms with van der Waals surface area (Å²) in [6.45, 7) is 2.90. The Labute approximate surface area is 338 Å². The maximum atomic E-state index is 13.4. The van der Waals surface area contributed by atoms with E-state index >= 15 is 0 Å². The molecule has 3 aromatic heterocycles. The molecule has 2 N–H and O–H groups in total. The van der Waals surface area contributed by atoms with E-state index in [1.807, 2.05) is 13.0 Å². The number of hydrogen-bond acceptors (Lipinski definition) is 13. The smallest absolute Gasteiger partial charge is 0.266 e. The van der Waals surface area contributed by atoms with Crippen molar-refractivity contribution < 1.29 is 46.3 Å². The Kier molecular flexibility index (Phi) is 10.8. The predicted molar refractivity (Wildman–Crippen MR) is 210 cm³/mol. The van der Waals surface area contributed by atoms with E-state index in [2.05, 4.69) is 20.5 Å². The van der Waals surface area contributed by atoms with E-state index in [1.54, 1.807) is 31.7 Å². The third-order valence-corrected chi connectivity index (χ3v) is 12.9. The fraction of sp³-hybridized carbons (Fsp3) is 0.425. The van der Waals surface area contributed by atoms with E-state index < -0.39 is 52.2 Å². The van der Waals surface area contributed by atoms with Gasteiger partial charge in [-0.2, -0.15) is 4.31 Å². The number of hydrogen-bond donors (Lipinski definition) is 2. The van der Waals surface area contributed by atoms with Crippen LogP contribution in [0.1, 0.15) is 59.1 Å². The highest BCUT2D eigenvalue weighted by atomic mass is 32.2. The lowest BCUT2D eigenvalue weighted by Crippen LogP contribution is -2.54. The molecule has 1 aliphatic carbocycles. The van der Waals surface area contributed by atoms with E-state index in [0.717, 1.165) is 23.3 Å². The minimum Gasteiger partial charge on any atom is -0.491 e. The largest absolute Gasteiger partial charge is 0.491 e. The molecule has 5 amide bonds. The summed E-state index contributed by atoms with van der Waals surface area (Å²) in [7, 11) is -2.08. The van der Waals surface area contributed by atoms with Crippen molar-refractivity contribution in [2.75, 3.05) is 45.1 Å². The molecule has 3 aliphatic heterocycles. The molecule has 19 heteroatoms. The van der Waals surface area contributed by atoms with Crippen LogP contribution in [0, 0.1) is 5.92 Å². The molecule has 2 atom stereocenters. The van der Waals surface area contributed by atoms with Gasteiger partial charge in [0, 0.05) is 69.2 Å². The molecule has 4 aromatic rings. The molecule has 0 spiro atoms. The van der Waals surface area contributed by atoms with Crippen molar-refractivity contribution in [2.45, 2.75) is 51.2 Å². The molecule has 4 aliphatic rings. The Bertz CT molecular complexity index is 2550. The molecule has 2 saturated heterocycles. The number of sulfonamides is 1. The van der Waals surface area contributed by atoms with Gasteiger partial charge in [-0.3, -0.25) is 48.9 Å². The Morgan fingerprint density at radius 2 is 1.81 bits per heavy atom. The number of imide groups is 2. The Balaban J connectivity index is 0.846. The number of fused-ring (bicyclic) bond motifs is 2. The number of aryl methyl sites for hydroxylation is 1. The minimum atomic E-state index is -3.77. The number of aromatic nitrogens is 2. The van der Waals surface area contributed by atoms with Crippen molar-refractivity contribution in [3.05, 3.63) is 76.2 Å². The van der Waals surface area contributed by atoms with Gasteiger partial charge in [-0.05, 0) is 56.4 Å². The van der Waals surface area contributed by atoms with Crippen LogP contribution in [0.25, 0.3) is 22.1 Å². The van der Waals surface area contributed by atoms with Gasteiger partial charge in [0.1, 0.15) is 28.9 Å². The summed E-state index contributed by atoms with van der Waals surface area (Å²) in [6, 6.07) is 6.51. The topological polar surface area (TPSA) is 220 Å². The van der Waals surface area contributed by atoms with Crippen molar-refractivity contribution in [1.29, 1.82) is 0 Å². The Morgan fingerprint density at radius 1 is 1.00 bits per heavy atom. The fourth-order valence-corrected chi connectivity index (χ4v) is 9.10. The van der Waals surface area contributed by atoms with Crippen molar-refractivity contribution in [3.8, 4) is 22.6 Å². The van der Waals surface area contributed by atoms with Gasteiger partial charge in [0.25, 0.3) is 23.3 Å². The summed E-state index contributed by atoms with van der Waals surface area (Å²) in [5.41, 5.74) is 1.61. The molecule has 18 nitrogen and oxygen atoms in total. The van der Waals surface area contributed by atoms with E-state index in [4.69, 9.17) is 13.9 Å². The zero-order valence-corrected chi connectivity index (χ0v) is 33.3. The number of carbonyl (C=O) groups excluding carboxylic acids is 5. The Morgan fingerprint density at radius 3 is 2.58 bits per heavy atom. The van der Waals surface area contributed by atoms with Crippen LogP contribution in [0.15, 0.2) is 58.1 Å². The van der Waals surface area contributed by atoms with Crippen molar-refractivity contribution in [3.63, 3.8) is 0 Å². The first kappa shape index (κ1) is 39.9. The lowest BCUT2D eigenvalue weighted by Gasteiger charge is -2.38. The minimum absolute atomic E-state index is 0.000169. The number of nitrogens with zero attached hydrogens (tertiary/aromatic N) is 5. The van der Waals surface area contributed by atoms with Crippen molar-refractivity contribution >= 4 is 50.5 Å². The number of piperidine rings is 1. The van der Waals surface area contributed by atoms with E-state index in [1.165, 1.54) is 27.1 Å². The fourth-order valence-electron chi connectivity index (χ4n) is 7.68. The van der Waals surface area contributed by atoms with Crippen LogP contribution in [0.4, 0.5) is 0 Å². The van der Waals surface area contributed by atoms with Crippen LogP contribution < -0.4 is 25.7 Å². The van der Waals surface area contributed by atoms with Crippen molar-refractivity contribution in [1.82, 2.24) is 34.3 Å². The van der Waals surface area contributed by atoms with Gasteiger partial charge < -0.3 is 23.8 Å². The van der Waals surface area contributed by atoms with Crippen LogP contribution >= 0.6 is 0 Å². The summed E-state index contributed by atoms with van der Waals surface area (Å²) in [4.78, 5) is 83.4. The van der Waals surface area contributed by atoms with Gasteiger partial charge in [-0.25, -0.2) is 8.42 Å². The molecular weight excluding hydrogens is 787 g/mol. The predicted octanol–water partition coefficient (Wildman–Crippen LogP) is 1.41. The summed E-state index contributed by atoms with van der Waals surface area (Å²) in [5.74, 6) is -2.07. The number of nitrogens with one attached hydrogen (secondary N) is 2. The molecule has 310 valence electrons. The second-order valence-electron chi connectivity index (χ2n) is 15.3. The van der Waals surface area contributed by atoms with Gasteiger partial charge in [-0.1, -0.05) is 6.07 Å². The molecule has 6 heterocycles. The third-order valence-electron chi connectivity index (χ3n) is 11.1. The molecule has 3 fully saturated rings. The average Bonchev–Trinajstić information content (AvgIpc) is 3.89. The summed E-state index contributed by atoms with van der Waals surface area (Å²) in [5, 5.41) is 5.11. The van der Waals surface area contributed by atoms with E-state index in [-0.39, 0.29) is 66.7 Å². The summed E-state index contributed by atoms with van der Waals surface area (Å²) < 4.78 is 47.7. The van der Waals surface area contributed by atoms with Crippen LogP contribution in [0.2, 0.25) is 0 Å². The highest BCUT2D eigenvalue weighted by Crippen LogP contribution is 2.37. The molecular formula is C40H43N7O11S. The lowest BCUT2D eigenvalue weighted by molar-refractivity contribution is -0.136.